The Morgan fingerprint density at radius 2 is 1.73 bits per heavy atom. The van der Waals surface area contributed by atoms with Crippen LogP contribution < -0.4 is 20.9 Å². The zero-order valence-electron chi connectivity index (χ0n) is 15.8. The molecule has 0 saturated carbocycles. The van der Waals surface area contributed by atoms with E-state index in [0.717, 1.165) is 10.1 Å². The van der Waals surface area contributed by atoms with Crippen LogP contribution in [0.5, 0.6) is 5.75 Å². The van der Waals surface area contributed by atoms with Gasteiger partial charge in [-0.1, -0.05) is 35.3 Å². The Morgan fingerprint density at radius 1 is 1.00 bits per heavy atom. The molecule has 0 spiro atoms. The molecule has 7 nitrogen and oxygen atoms in total. The van der Waals surface area contributed by atoms with Crippen LogP contribution in [0.15, 0.2) is 42.5 Å². The summed E-state index contributed by atoms with van der Waals surface area (Å²) in [5.74, 6) is -0.785. The Kier molecular flexibility index (Phi) is 7.15. The summed E-state index contributed by atoms with van der Waals surface area (Å²) in [6.07, 6.45) is -0.190. The molecule has 0 aliphatic heterocycles. The third-order valence-corrected chi connectivity index (χ3v) is 6.07. The average molecular weight is 466 g/mol. The first kappa shape index (κ1) is 21.9. The molecule has 3 N–H and O–H groups in total. The summed E-state index contributed by atoms with van der Waals surface area (Å²) in [6.45, 7) is 0. The second kappa shape index (κ2) is 9.80. The van der Waals surface area contributed by atoms with Gasteiger partial charge in [0.2, 0.25) is 11.8 Å². The van der Waals surface area contributed by atoms with Gasteiger partial charge in [-0.15, -0.1) is 11.3 Å². The summed E-state index contributed by atoms with van der Waals surface area (Å²) in [6, 6.07) is 12.1. The lowest BCUT2D eigenvalue weighted by Gasteiger charge is -2.08. The zero-order chi connectivity index (χ0) is 21.7. The van der Waals surface area contributed by atoms with Gasteiger partial charge in [0.1, 0.15) is 10.6 Å². The molecule has 1 aromatic heterocycles. The number of fused-ring (bicyclic) bond motifs is 1. The number of thiophene rings is 1. The number of hydrogen-bond acceptors (Lipinski definition) is 5. The maximum atomic E-state index is 12.4. The number of hydrogen-bond donors (Lipinski definition) is 3. The third kappa shape index (κ3) is 5.21. The van der Waals surface area contributed by atoms with E-state index in [4.69, 9.17) is 27.9 Å². The Morgan fingerprint density at radius 3 is 2.47 bits per heavy atom. The summed E-state index contributed by atoms with van der Waals surface area (Å²) in [4.78, 5) is 36.6. The monoisotopic (exact) mass is 465 g/mol. The van der Waals surface area contributed by atoms with Crippen LogP contribution in [-0.4, -0.2) is 24.8 Å². The van der Waals surface area contributed by atoms with Crippen molar-refractivity contribution in [2.24, 2.45) is 0 Å². The largest absolute Gasteiger partial charge is 0.497 e. The molecule has 0 unspecified atom stereocenters. The number of nitrogens with one attached hydrogen (secondary N) is 3. The predicted octanol–water partition coefficient (Wildman–Crippen LogP) is 4.40. The molecule has 0 atom stereocenters. The number of para-hydroxylation sites is 1. The molecule has 0 fully saturated rings. The predicted molar refractivity (Wildman–Crippen MR) is 118 cm³/mol. The van der Waals surface area contributed by atoms with Gasteiger partial charge in [0, 0.05) is 22.9 Å². The van der Waals surface area contributed by atoms with Gasteiger partial charge in [-0.3, -0.25) is 25.2 Å². The van der Waals surface area contributed by atoms with Crippen LogP contribution in [0.4, 0.5) is 5.69 Å². The first-order valence-electron chi connectivity index (χ1n) is 8.78. The molecule has 3 amide bonds. The van der Waals surface area contributed by atoms with Crippen molar-refractivity contribution in [3.63, 3.8) is 0 Å². The number of ether oxygens (including phenoxy) is 1. The van der Waals surface area contributed by atoms with Crippen molar-refractivity contribution in [1.29, 1.82) is 0 Å². The highest BCUT2D eigenvalue weighted by atomic mass is 35.5. The van der Waals surface area contributed by atoms with Crippen molar-refractivity contribution in [2.75, 3.05) is 12.4 Å². The second-order valence-electron chi connectivity index (χ2n) is 6.14. The minimum atomic E-state index is -0.547. The van der Waals surface area contributed by atoms with E-state index >= 15 is 0 Å². The smallest absolute Gasteiger partial charge is 0.281 e. The Balaban J connectivity index is 1.51. The molecule has 3 rings (SSSR count). The number of amides is 3. The summed E-state index contributed by atoms with van der Waals surface area (Å²) >= 11 is 13.4. The fourth-order valence-corrected chi connectivity index (χ4v) is 4.19. The molecule has 0 aliphatic rings. The molecule has 10 heteroatoms. The molecule has 1 heterocycles. The van der Waals surface area contributed by atoms with E-state index in [0.29, 0.717) is 21.5 Å². The number of hydrazine groups is 1. The molecule has 0 radical (unpaired) electrons. The summed E-state index contributed by atoms with van der Waals surface area (Å²) in [5.41, 5.74) is 5.07. The number of carbonyl (C=O) groups is 3. The Hall–Kier alpha value is -2.81. The highest BCUT2D eigenvalue weighted by Crippen LogP contribution is 2.37. The van der Waals surface area contributed by atoms with Gasteiger partial charge in [0.15, 0.2) is 0 Å². The summed E-state index contributed by atoms with van der Waals surface area (Å²) in [7, 11) is 1.55. The first-order chi connectivity index (χ1) is 14.4. The quantitative estimate of drug-likeness (QED) is 0.470. The van der Waals surface area contributed by atoms with E-state index in [9.17, 15) is 14.4 Å². The van der Waals surface area contributed by atoms with Gasteiger partial charge in [0.05, 0.1) is 22.8 Å². The van der Waals surface area contributed by atoms with Crippen LogP contribution in [-0.2, 0) is 9.59 Å². The summed E-state index contributed by atoms with van der Waals surface area (Å²) < 4.78 is 5.95. The fraction of sp³-hybridized carbons (Fsp3) is 0.150. The minimum absolute atomic E-state index is 0.0731. The highest BCUT2D eigenvalue weighted by Gasteiger charge is 2.18. The molecule has 0 bridgehead atoms. The normalized spacial score (nSPS) is 10.5. The van der Waals surface area contributed by atoms with Crippen LogP contribution in [0.1, 0.15) is 22.5 Å². The van der Waals surface area contributed by atoms with Crippen molar-refractivity contribution in [2.45, 2.75) is 12.8 Å². The topological polar surface area (TPSA) is 96.5 Å². The van der Waals surface area contributed by atoms with Crippen LogP contribution in [0.2, 0.25) is 10.0 Å². The van der Waals surface area contributed by atoms with E-state index in [-0.39, 0.29) is 23.6 Å². The van der Waals surface area contributed by atoms with E-state index in [1.54, 1.807) is 49.6 Å². The number of halogens is 2. The number of methoxy groups -OCH3 is 1. The SMILES string of the molecule is COc1ccc2c(Cl)c(C(=O)NNC(=O)CCC(=O)Nc3ccccc3Cl)sc2c1. The first-order valence-corrected chi connectivity index (χ1v) is 10.4. The van der Waals surface area contributed by atoms with E-state index in [2.05, 4.69) is 16.2 Å². The van der Waals surface area contributed by atoms with Crippen molar-refractivity contribution < 1.29 is 19.1 Å². The van der Waals surface area contributed by atoms with Gasteiger partial charge in [-0.05, 0) is 30.3 Å². The molecule has 2 aromatic carbocycles. The Labute approximate surface area is 186 Å². The maximum absolute atomic E-state index is 12.4. The van der Waals surface area contributed by atoms with Crippen LogP contribution in [0, 0.1) is 0 Å². The van der Waals surface area contributed by atoms with E-state index in [1.165, 1.54) is 11.3 Å². The van der Waals surface area contributed by atoms with Crippen molar-refractivity contribution in [3.8, 4) is 5.75 Å². The lowest BCUT2D eigenvalue weighted by Crippen LogP contribution is -2.41. The number of anilines is 1. The van der Waals surface area contributed by atoms with E-state index in [1.807, 2.05) is 0 Å². The van der Waals surface area contributed by atoms with Crippen molar-refractivity contribution >= 4 is 68.0 Å². The van der Waals surface area contributed by atoms with Crippen LogP contribution in [0.3, 0.4) is 0 Å². The van der Waals surface area contributed by atoms with Gasteiger partial charge in [-0.25, -0.2) is 0 Å². The molecule has 0 saturated heterocycles. The Bertz CT molecular complexity index is 1120. The lowest BCUT2D eigenvalue weighted by atomic mass is 10.2. The fourth-order valence-electron chi connectivity index (χ4n) is 2.57. The molecular weight excluding hydrogens is 449 g/mol. The summed E-state index contributed by atoms with van der Waals surface area (Å²) in [5, 5.41) is 4.04. The second-order valence-corrected chi connectivity index (χ2v) is 7.97. The van der Waals surface area contributed by atoms with Gasteiger partial charge < -0.3 is 10.1 Å². The standard InChI is InChI=1S/C20H17Cl2N3O4S/c1-29-11-6-7-12-15(10-11)30-19(18(12)22)20(28)25-24-17(27)9-8-16(26)23-14-5-3-2-4-13(14)21/h2-7,10H,8-9H2,1H3,(H,23,26)(H,24,27)(H,25,28). The number of benzene rings is 2. The van der Waals surface area contributed by atoms with Crippen LogP contribution in [0.25, 0.3) is 10.1 Å². The molecular formula is C20H17Cl2N3O4S. The number of carbonyl (C=O) groups excluding carboxylic acids is 3. The molecule has 0 aliphatic carbocycles. The number of rotatable bonds is 6. The van der Waals surface area contributed by atoms with Gasteiger partial charge in [-0.2, -0.15) is 0 Å². The van der Waals surface area contributed by atoms with Crippen molar-refractivity contribution in [3.05, 3.63) is 57.4 Å². The molecule has 30 heavy (non-hydrogen) atoms. The molecule has 3 aromatic rings. The van der Waals surface area contributed by atoms with Gasteiger partial charge in [0.25, 0.3) is 5.91 Å². The molecule has 156 valence electrons. The average Bonchev–Trinajstić information content (AvgIpc) is 3.08. The zero-order valence-corrected chi connectivity index (χ0v) is 18.1. The maximum Gasteiger partial charge on any atom is 0.281 e. The highest BCUT2D eigenvalue weighted by molar-refractivity contribution is 7.21. The lowest BCUT2D eigenvalue weighted by molar-refractivity contribution is -0.124. The third-order valence-electron chi connectivity index (χ3n) is 4.09. The van der Waals surface area contributed by atoms with E-state index < -0.39 is 11.8 Å². The van der Waals surface area contributed by atoms with Crippen LogP contribution >= 0.6 is 34.5 Å². The van der Waals surface area contributed by atoms with Crippen molar-refractivity contribution in [1.82, 2.24) is 10.9 Å². The minimum Gasteiger partial charge on any atom is -0.497 e. The van der Waals surface area contributed by atoms with Gasteiger partial charge >= 0.3 is 0 Å².